The molecule has 4 rings (SSSR count). The van der Waals surface area contributed by atoms with Crippen molar-refractivity contribution < 1.29 is 8.91 Å². The Morgan fingerprint density at radius 3 is 2.52 bits per heavy atom. The Morgan fingerprint density at radius 2 is 1.84 bits per heavy atom. The summed E-state index contributed by atoms with van der Waals surface area (Å²) in [6.45, 7) is 2.63. The van der Waals surface area contributed by atoms with E-state index in [0.29, 0.717) is 18.5 Å². The molecule has 134 valence electrons. The monoisotopic (exact) mass is 344 g/mol. The molecule has 1 aliphatic carbocycles. The lowest BCUT2D eigenvalue weighted by molar-refractivity contribution is 0.181. The lowest BCUT2D eigenvalue weighted by Gasteiger charge is -2.28. The minimum Gasteiger partial charge on any atom is -0.338 e. The third-order valence-electron chi connectivity index (χ3n) is 5.74. The molecule has 2 aliphatic rings. The normalized spacial score (nSPS) is 21.7. The standard InChI is InChI=1S/C19H25FN4O/c20-15-5-3-14(4-6-15)19(9-1-2-10-19)18-22-17(25-23-18)13-24-11-7-16(21)8-12-24/h3-6,16H,1-2,7-13,21H2. The van der Waals surface area contributed by atoms with Gasteiger partial charge in [-0.05, 0) is 43.4 Å². The van der Waals surface area contributed by atoms with Gasteiger partial charge in [0.15, 0.2) is 5.82 Å². The van der Waals surface area contributed by atoms with Crippen LogP contribution in [0.3, 0.4) is 0 Å². The van der Waals surface area contributed by atoms with Gasteiger partial charge in [0.25, 0.3) is 0 Å². The molecular formula is C19H25FN4O. The molecule has 1 aromatic carbocycles. The maximum Gasteiger partial charge on any atom is 0.240 e. The fourth-order valence-electron chi connectivity index (χ4n) is 4.20. The van der Waals surface area contributed by atoms with E-state index in [1.54, 1.807) is 0 Å². The van der Waals surface area contributed by atoms with Crippen molar-refractivity contribution in [1.82, 2.24) is 15.0 Å². The average molecular weight is 344 g/mol. The van der Waals surface area contributed by atoms with Crippen LogP contribution in [0.5, 0.6) is 0 Å². The summed E-state index contributed by atoms with van der Waals surface area (Å²) in [4.78, 5) is 7.05. The summed E-state index contributed by atoms with van der Waals surface area (Å²) in [7, 11) is 0. The van der Waals surface area contributed by atoms with Gasteiger partial charge in [-0.2, -0.15) is 4.98 Å². The smallest absolute Gasteiger partial charge is 0.240 e. The Hall–Kier alpha value is -1.79. The van der Waals surface area contributed by atoms with E-state index in [4.69, 9.17) is 15.2 Å². The topological polar surface area (TPSA) is 68.2 Å². The molecule has 1 saturated heterocycles. The van der Waals surface area contributed by atoms with Crippen molar-refractivity contribution in [1.29, 1.82) is 0 Å². The molecule has 0 spiro atoms. The van der Waals surface area contributed by atoms with Crippen molar-refractivity contribution in [2.24, 2.45) is 5.73 Å². The van der Waals surface area contributed by atoms with Gasteiger partial charge in [0.1, 0.15) is 5.82 Å². The minimum absolute atomic E-state index is 0.214. The van der Waals surface area contributed by atoms with Gasteiger partial charge >= 0.3 is 0 Å². The first-order valence-corrected chi connectivity index (χ1v) is 9.23. The molecule has 1 saturated carbocycles. The van der Waals surface area contributed by atoms with Gasteiger partial charge in [0, 0.05) is 19.1 Å². The average Bonchev–Trinajstić information content (AvgIpc) is 3.28. The van der Waals surface area contributed by atoms with E-state index < -0.39 is 0 Å². The summed E-state index contributed by atoms with van der Waals surface area (Å²) in [6, 6.07) is 7.08. The van der Waals surface area contributed by atoms with Crippen LogP contribution in [0.4, 0.5) is 4.39 Å². The highest BCUT2D eigenvalue weighted by molar-refractivity contribution is 5.34. The third kappa shape index (κ3) is 3.33. The van der Waals surface area contributed by atoms with Gasteiger partial charge in [0.05, 0.1) is 12.0 Å². The van der Waals surface area contributed by atoms with Gasteiger partial charge in [0.2, 0.25) is 5.89 Å². The highest BCUT2D eigenvalue weighted by Gasteiger charge is 2.41. The lowest BCUT2D eigenvalue weighted by atomic mass is 9.78. The van der Waals surface area contributed by atoms with Crippen LogP contribution in [0.2, 0.25) is 0 Å². The largest absolute Gasteiger partial charge is 0.338 e. The summed E-state index contributed by atoms with van der Waals surface area (Å²) in [5, 5.41) is 4.32. The number of benzene rings is 1. The summed E-state index contributed by atoms with van der Waals surface area (Å²) in [6.07, 6.45) is 6.25. The zero-order valence-corrected chi connectivity index (χ0v) is 14.5. The maximum absolute atomic E-state index is 13.3. The second-order valence-corrected chi connectivity index (χ2v) is 7.42. The summed E-state index contributed by atoms with van der Waals surface area (Å²) < 4.78 is 18.9. The van der Waals surface area contributed by atoms with E-state index in [2.05, 4.69) is 10.1 Å². The fourth-order valence-corrected chi connectivity index (χ4v) is 4.20. The van der Waals surface area contributed by atoms with E-state index in [9.17, 15) is 4.39 Å². The van der Waals surface area contributed by atoms with Crippen molar-refractivity contribution in [3.05, 3.63) is 47.4 Å². The molecule has 0 amide bonds. The number of likely N-dealkylation sites (tertiary alicyclic amines) is 1. The first-order valence-electron chi connectivity index (χ1n) is 9.23. The Labute approximate surface area is 147 Å². The van der Waals surface area contributed by atoms with Crippen LogP contribution in [0.1, 0.15) is 55.8 Å². The molecule has 2 fully saturated rings. The van der Waals surface area contributed by atoms with Crippen LogP contribution in [0, 0.1) is 5.82 Å². The number of nitrogens with two attached hydrogens (primary N) is 1. The molecule has 25 heavy (non-hydrogen) atoms. The number of piperidine rings is 1. The zero-order chi connectivity index (χ0) is 17.3. The van der Waals surface area contributed by atoms with Gasteiger partial charge in [-0.25, -0.2) is 4.39 Å². The SMILES string of the molecule is NC1CCN(Cc2nc(C3(c4ccc(F)cc4)CCCC3)no2)CC1. The highest BCUT2D eigenvalue weighted by Crippen LogP contribution is 2.45. The number of aromatic nitrogens is 2. The molecule has 0 radical (unpaired) electrons. The molecule has 2 N–H and O–H groups in total. The second-order valence-electron chi connectivity index (χ2n) is 7.42. The zero-order valence-electron chi connectivity index (χ0n) is 14.5. The molecule has 1 aliphatic heterocycles. The van der Waals surface area contributed by atoms with Crippen LogP contribution < -0.4 is 5.73 Å². The predicted octanol–water partition coefficient (Wildman–Crippen LogP) is 2.99. The Kier molecular flexibility index (Phi) is 4.56. The third-order valence-corrected chi connectivity index (χ3v) is 5.74. The van der Waals surface area contributed by atoms with Gasteiger partial charge < -0.3 is 10.3 Å². The van der Waals surface area contributed by atoms with Crippen LogP contribution in [0.25, 0.3) is 0 Å². The Morgan fingerprint density at radius 1 is 1.16 bits per heavy atom. The first-order chi connectivity index (χ1) is 12.2. The Bertz CT molecular complexity index is 700. The van der Waals surface area contributed by atoms with E-state index in [1.807, 2.05) is 12.1 Å². The van der Waals surface area contributed by atoms with E-state index in [0.717, 1.165) is 63.0 Å². The van der Waals surface area contributed by atoms with Crippen molar-refractivity contribution in [2.45, 2.75) is 56.5 Å². The molecule has 2 heterocycles. The van der Waals surface area contributed by atoms with Gasteiger partial charge in [-0.3, -0.25) is 4.90 Å². The molecule has 1 aromatic heterocycles. The molecule has 2 aromatic rings. The number of halogens is 1. The quantitative estimate of drug-likeness (QED) is 0.923. The number of nitrogens with zero attached hydrogens (tertiary/aromatic N) is 3. The van der Waals surface area contributed by atoms with Crippen molar-refractivity contribution in [2.75, 3.05) is 13.1 Å². The molecule has 6 heteroatoms. The van der Waals surface area contributed by atoms with E-state index >= 15 is 0 Å². The number of hydrogen-bond acceptors (Lipinski definition) is 5. The van der Waals surface area contributed by atoms with Crippen LogP contribution in [-0.4, -0.2) is 34.2 Å². The van der Waals surface area contributed by atoms with Crippen molar-refractivity contribution in [3.8, 4) is 0 Å². The van der Waals surface area contributed by atoms with Gasteiger partial charge in [-0.15, -0.1) is 0 Å². The fraction of sp³-hybridized carbons (Fsp3) is 0.579. The van der Waals surface area contributed by atoms with Crippen LogP contribution >= 0.6 is 0 Å². The first kappa shape index (κ1) is 16.7. The van der Waals surface area contributed by atoms with E-state index in [1.165, 1.54) is 12.1 Å². The van der Waals surface area contributed by atoms with Gasteiger partial charge in [-0.1, -0.05) is 30.1 Å². The number of rotatable bonds is 4. The predicted molar refractivity (Wildman–Crippen MR) is 92.4 cm³/mol. The highest BCUT2D eigenvalue weighted by atomic mass is 19.1. The van der Waals surface area contributed by atoms with Crippen molar-refractivity contribution >= 4 is 0 Å². The summed E-state index contributed by atoms with van der Waals surface area (Å²) in [5.41, 5.74) is 6.81. The molecular weight excluding hydrogens is 319 g/mol. The summed E-state index contributed by atoms with van der Waals surface area (Å²) >= 11 is 0. The molecule has 5 nitrogen and oxygen atoms in total. The molecule has 0 unspecified atom stereocenters. The number of hydrogen-bond donors (Lipinski definition) is 1. The van der Waals surface area contributed by atoms with Crippen molar-refractivity contribution in [3.63, 3.8) is 0 Å². The minimum atomic E-state index is -0.236. The molecule has 0 bridgehead atoms. The lowest BCUT2D eigenvalue weighted by Crippen LogP contribution is -2.39. The second kappa shape index (κ2) is 6.84. The Balaban J connectivity index is 1.55. The molecule has 0 atom stereocenters. The van der Waals surface area contributed by atoms with Crippen LogP contribution in [-0.2, 0) is 12.0 Å². The summed E-state index contributed by atoms with van der Waals surface area (Å²) in [5.74, 6) is 1.20. The van der Waals surface area contributed by atoms with Crippen LogP contribution in [0.15, 0.2) is 28.8 Å². The maximum atomic E-state index is 13.3. The van der Waals surface area contributed by atoms with E-state index in [-0.39, 0.29) is 11.2 Å².